The molecule has 2 aromatic rings. The van der Waals surface area contributed by atoms with Gasteiger partial charge in [-0.3, -0.25) is 4.79 Å². The minimum Gasteiger partial charge on any atom is -0.359 e. The molecule has 1 N–H and O–H groups in total. The van der Waals surface area contributed by atoms with Crippen molar-refractivity contribution in [2.75, 3.05) is 0 Å². The van der Waals surface area contributed by atoms with Gasteiger partial charge in [-0.1, -0.05) is 57.7 Å². The zero-order chi connectivity index (χ0) is 17.4. The number of unbranched alkanes of at least 4 members (excludes halogenated alkanes) is 3. The molecule has 5 heteroatoms. The van der Waals surface area contributed by atoms with E-state index in [1.165, 1.54) is 19.3 Å². The van der Waals surface area contributed by atoms with Crippen LogP contribution >= 0.6 is 0 Å². The molecule has 0 saturated carbocycles. The Labute approximate surface area is 144 Å². The number of aryl methyl sites for hydroxylation is 1. The second kappa shape index (κ2) is 9.11. The molecule has 0 aliphatic carbocycles. The maximum absolute atomic E-state index is 12.2. The van der Waals surface area contributed by atoms with Crippen LogP contribution in [0.1, 0.15) is 51.6 Å². The number of para-hydroxylation sites is 1. The third-order valence-corrected chi connectivity index (χ3v) is 3.99. The Hall–Kier alpha value is -2.30. The summed E-state index contributed by atoms with van der Waals surface area (Å²) in [6.07, 6.45) is 5.55. The van der Waals surface area contributed by atoms with Gasteiger partial charge in [0.05, 0.1) is 11.4 Å². The molecule has 0 fully saturated rings. The van der Waals surface area contributed by atoms with Crippen LogP contribution in [0.4, 0.5) is 0 Å². The molecule has 1 amide bonds. The zero-order valence-electron chi connectivity index (χ0n) is 14.8. The fraction of sp³-hybridized carbons (Fsp3) is 0.474. The number of nitrogens with zero attached hydrogens (tertiary/aromatic N) is 2. The van der Waals surface area contributed by atoms with E-state index in [1.54, 1.807) is 10.7 Å². The average Bonchev–Trinajstić information content (AvgIpc) is 2.98. The molecule has 5 nitrogen and oxygen atoms in total. The van der Waals surface area contributed by atoms with Crippen molar-refractivity contribution in [2.45, 2.75) is 52.9 Å². The Morgan fingerprint density at radius 2 is 2.00 bits per heavy atom. The molecule has 130 valence electrons. The number of benzene rings is 1. The molecule has 24 heavy (non-hydrogen) atoms. The van der Waals surface area contributed by atoms with Crippen LogP contribution in [0.5, 0.6) is 5.88 Å². The molecule has 1 atom stereocenters. The highest BCUT2D eigenvalue weighted by molar-refractivity contribution is 5.77. The lowest BCUT2D eigenvalue weighted by molar-refractivity contribution is -0.131. The smallest absolute Gasteiger partial charge is 0.255 e. The van der Waals surface area contributed by atoms with Gasteiger partial charge in [0.2, 0.25) is 5.88 Å². The lowest BCUT2D eigenvalue weighted by Crippen LogP contribution is -2.32. The number of hydrogen-bond donors (Lipinski definition) is 1. The van der Waals surface area contributed by atoms with Crippen LogP contribution in [0.25, 0.3) is 5.69 Å². The molecule has 1 aromatic heterocycles. The first kappa shape index (κ1) is 18.0. The van der Waals surface area contributed by atoms with E-state index in [2.05, 4.69) is 17.5 Å². The first-order chi connectivity index (χ1) is 11.6. The van der Waals surface area contributed by atoms with Gasteiger partial charge >= 0.3 is 0 Å². The van der Waals surface area contributed by atoms with Gasteiger partial charge in [0.1, 0.15) is 0 Å². The lowest BCUT2D eigenvalue weighted by atomic mass is 10.0. The Kier molecular flexibility index (Phi) is 6.85. The van der Waals surface area contributed by atoms with Gasteiger partial charge in [-0.25, -0.2) is 0 Å². The second-order valence-corrected chi connectivity index (χ2v) is 6.19. The molecule has 2 rings (SSSR count). The van der Waals surface area contributed by atoms with Crippen LogP contribution in [-0.4, -0.2) is 15.7 Å². The number of carbonyl (C=O) groups excluding carboxylic acids is 1. The minimum atomic E-state index is -0.0926. The molecular weight excluding hydrogens is 302 g/mol. The Morgan fingerprint density at radius 3 is 2.71 bits per heavy atom. The SMILES string of the molecule is CCCCCCC(C)C(=O)NOc1cc(C)nn1-c1ccccc1. The molecular formula is C19H27N3O2. The summed E-state index contributed by atoms with van der Waals surface area (Å²) in [6, 6.07) is 11.5. The average molecular weight is 329 g/mol. The highest BCUT2D eigenvalue weighted by atomic mass is 16.7. The number of rotatable bonds is 9. The molecule has 0 spiro atoms. The van der Waals surface area contributed by atoms with Crippen molar-refractivity contribution in [3.63, 3.8) is 0 Å². The lowest BCUT2D eigenvalue weighted by Gasteiger charge is -2.13. The Bertz CT molecular complexity index is 637. The normalized spacial score (nSPS) is 12.0. The van der Waals surface area contributed by atoms with Gasteiger partial charge in [0, 0.05) is 12.0 Å². The van der Waals surface area contributed by atoms with Crippen molar-refractivity contribution in [3.8, 4) is 11.6 Å². The third-order valence-electron chi connectivity index (χ3n) is 3.99. The summed E-state index contributed by atoms with van der Waals surface area (Å²) in [5.74, 6) is 0.353. The predicted molar refractivity (Wildman–Crippen MR) is 95.0 cm³/mol. The first-order valence-corrected chi connectivity index (χ1v) is 8.70. The van der Waals surface area contributed by atoms with Crippen molar-refractivity contribution < 1.29 is 9.63 Å². The van der Waals surface area contributed by atoms with Crippen molar-refractivity contribution in [1.82, 2.24) is 15.3 Å². The summed E-state index contributed by atoms with van der Waals surface area (Å²) in [6.45, 7) is 6.01. The van der Waals surface area contributed by atoms with Gasteiger partial charge in [-0.2, -0.15) is 15.3 Å². The van der Waals surface area contributed by atoms with Gasteiger partial charge in [0.25, 0.3) is 5.91 Å². The highest BCUT2D eigenvalue weighted by Gasteiger charge is 2.15. The topological polar surface area (TPSA) is 56.1 Å². The number of hydrogen-bond acceptors (Lipinski definition) is 3. The van der Waals surface area contributed by atoms with Crippen molar-refractivity contribution >= 4 is 5.91 Å². The monoisotopic (exact) mass is 329 g/mol. The number of aromatic nitrogens is 2. The number of hydroxylamine groups is 1. The van der Waals surface area contributed by atoms with Gasteiger partial charge in [-0.05, 0) is 25.5 Å². The molecule has 0 aliphatic rings. The molecule has 1 aromatic carbocycles. The molecule has 0 saturated heterocycles. The van der Waals surface area contributed by atoms with E-state index in [1.807, 2.05) is 44.2 Å². The number of amides is 1. The van der Waals surface area contributed by atoms with E-state index >= 15 is 0 Å². The van der Waals surface area contributed by atoms with E-state index in [4.69, 9.17) is 4.84 Å². The maximum Gasteiger partial charge on any atom is 0.255 e. The number of carbonyl (C=O) groups is 1. The van der Waals surface area contributed by atoms with E-state index in [0.29, 0.717) is 5.88 Å². The van der Waals surface area contributed by atoms with Gasteiger partial charge in [-0.15, -0.1) is 0 Å². The molecule has 0 aliphatic heterocycles. The second-order valence-electron chi connectivity index (χ2n) is 6.19. The summed E-state index contributed by atoms with van der Waals surface area (Å²) < 4.78 is 1.68. The van der Waals surface area contributed by atoms with Crippen LogP contribution in [0.15, 0.2) is 36.4 Å². The summed E-state index contributed by atoms with van der Waals surface area (Å²) in [7, 11) is 0. The van der Waals surface area contributed by atoms with Crippen LogP contribution < -0.4 is 10.3 Å². The van der Waals surface area contributed by atoms with Gasteiger partial charge < -0.3 is 4.84 Å². The number of nitrogens with one attached hydrogen (secondary N) is 1. The molecule has 1 unspecified atom stereocenters. The van der Waals surface area contributed by atoms with Crippen LogP contribution in [0.2, 0.25) is 0 Å². The van der Waals surface area contributed by atoms with Crippen LogP contribution in [0.3, 0.4) is 0 Å². The van der Waals surface area contributed by atoms with E-state index in [9.17, 15) is 4.79 Å². The van der Waals surface area contributed by atoms with Crippen LogP contribution in [-0.2, 0) is 4.79 Å². The van der Waals surface area contributed by atoms with Gasteiger partial charge in [0.15, 0.2) is 0 Å². The van der Waals surface area contributed by atoms with Crippen LogP contribution in [0, 0.1) is 12.8 Å². The van der Waals surface area contributed by atoms with E-state index < -0.39 is 0 Å². The molecule has 0 radical (unpaired) electrons. The van der Waals surface area contributed by atoms with Crippen molar-refractivity contribution in [3.05, 3.63) is 42.1 Å². The first-order valence-electron chi connectivity index (χ1n) is 8.70. The van der Waals surface area contributed by atoms with E-state index in [0.717, 1.165) is 24.2 Å². The standard InChI is InChI=1S/C19H27N3O2/c1-4-5-6-8-11-15(2)19(23)21-24-18-14-16(3)20-22(18)17-12-9-7-10-13-17/h7,9-10,12-15H,4-6,8,11H2,1-3H3,(H,21,23). The largest absolute Gasteiger partial charge is 0.359 e. The quantitative estimate of drug-likeness (QED) is 0.554. The maximum atomic E-state index is 12.2. The summed E-state index contributed by atoms with van der Waals surface area (Å²) >= 11 is 0. The fourth-order valence-corrected chi connectivity index (χ4v) is 2.51. The van der Waals surface area contributed by atoms with Crippen molar-refractivity contribution in [1.29, 1.82) is 0 Å². The summed E-state index contributed by atoms with van der Waals surface area (Å²) in [5.41, 5.74) is 4.28. The Morgan fingerprint density at radius 1 is 1.25 bits per heavy atom. The van der Waals surface area contributed by atoms with E-state index in [-0.39, 0.29) is 11.8 Å². The Balaban J connectivity index is 1.91. The predicted octanol–water partition coefficient (Wildman–Crippen LogP) is 4.20. The summed E-state index contributed by atoms with van der Waals surface area (Å²) in [5, 5.41) is 4.41. The van der Waals surface area contributed by atoms with Crippen molar-refractivity contribution in [2.24, 2.45) is 5.92 Å². The fourth-order valence-electron chi connectivity index (χ4n) is 2.51. The molecule has 0 bridgehead atoms. The molecule has 1 heterocycles. The highest BCUT2D eigenvalue weighted by Crippen LogP contribution is 2.18. The minimum absolute atomic E-state index is 0.0592. The third kappa shape index (κ3) is 5.11. The summed E-state index contributed by atoms with van der Waals surface area (Å²) in [4.78, 5) is 17.7. The zero-order valence-corrected chi connectivity index (χ0v) is 14.8.